The molecule has 0 spiro atoms. The predicted octanol–water partition coefficient (Wildman–Crippen LogP) is 5.97. The van der Waals surface area contributed by atoms with Crippen molar-refractivity contribution in [2.45, 2.75) is 19.0 Å². The van der Waals surface area contributed by atoms with Gasteiger partial charge in [0.15, 0.2) is 11.5 Å². The number of hydrogen-bond donors (Lipinski definition) is 1. The van der Waals surface area contributed by atoms with Gasteiger partial charge < -0.3 is 29.2 Å². The first kappa shape index (κ1) is 33.1. The minimum Gasteiger partial charge on any atom is -0.496 e. The molecule has 4 aromatic rings. The summed E-state index contributed by atoms with van der Waals surface area (Å²) in [4.78, 5) is 28.3. The van der Waals surface area contributed by atoms with Crippen molar-refractivity contribution in [2.75, 3.05) is 46.8 Å². The molecule has 3 aromatic carbocycles. The molecule has 45 heavy (non-hydrogen) atoms. The van der Waals surface area contributed by atoms with Crippen molar-refractivity contribution in [3.05, 3.63) is 77.4 Å². The van der Waals surface area contributed by atoms with Gasteiger partial charge in [0, 0.05) is 25.1 Å². The van der Waals surface area contributed by atoms with E-state index in [1.807, 2.05) is 12.1 Å². The Hall–Kier alpha value is -4.85. The molecule has 0 unspecified atom stereocenters. The number of nitrogens with one attached hydrogen (secondary N) is 1. The zero-order chi connectivity index (χ0) is 32.6. The molecule has 4 rings (SSSR count). The summed E-state index contributed by atoms with van der Waals surface area (Å²) in [6, 6.07) is 15.0. The molecule has 1 N–H and O–H groups in total. The van der Waals surface area contributed by atoms with Crippen LogP contribution < -0.4 is 24.3 Å². The third-order valence-corrected chi connectivity index (χ3v) is 7.67. The maximum atomic E-state index is 13.9. The third kappa shape index (κ3) is 8.20. The van der Waals surface area contributed by atoms with E-state index in [4.69, 9.17) is 18.9 Å². The van der Waals surface area contributed by atoms with Gasteiger partial charge in [-0.1, -0.05) is 35.6 Å². The first-order chi connectivity index (χ1) is 21.6. The molecule has 0 bridgehead atoms. The number of alkyl halides is 3. The third-order valence-electron chi connectivity index (χ3n) is 6.79. The van der Waals surface area contributed by atoms with Crippen LogP contribution in [-0.4, -0.2) is 68.4 Å². The molecule has 0 saturated carbocycles. The summed E-state index contributed by atoms with van der Waals surface area (Å²) in [5, 5.41) is 11.1. The van der Waals surface area contributed by atoms with Gasteiger partial charge in [-0.2, -0.15) is 13.2 Å². The predicted molar refractivity (Wildman–Crippen MR) is 162 cm³/mol. The van der Waals surface area contributed by atoms with Crippen LogP contribution >= 0.6 is 11.3 Å². The van der Waals surface area contributed by atoms with Crippen LogP contribution in [-0.2, 0) is 17.4 Å². The monoisotopic (exact) mass is 644 g/mol. The second-order valence-electron chi connectivity index (χ2n) is 9.55. The van der Waals surface area contributed by atoms with Crippen LogP contribution in [0.5, 0.6) is 23.0 Å². The van der Waals surface area contributed by atoms with Gasteiger partial charge in [0.05, 0.1) is 34.0 Å². The number of hydrogen-bond acceptors (Lipinski definition) is 9. The highest BCUT2D eigenvalue weighted by atomic mass is 32.1. The van der Waals surface area contributed by atoms with Crippen molar-refractivity contribution in [1.29, 1.82) is 0 Å². The summed E-state index contributed by atoms with van der Waals surface area (Å²) in [5.41, 5.74) is 0.756. The highest BCUT2D eigenvalue weighted by molar-refractivity contribution is 7.18. The number of ether oxygens (including phenoxy) is 4. The van der Waals surface area contributed by atoms with Gasteiger partial charge in [-0.05, 0) is 48.4 Å². The van der Waals surface area contributed by atoms with E-state index in [1.165, 1.54) is 38.4 Å². The zero-order valence-corrected chi connectivity index (χ0v) is 25.8. The van der Waals surface area contributed by atoms with Crippen LogP contribution in [0.2, 0.25) is 0 Å². The zero-order valence-electron chi connectivity index (χ0n) is 24.9. The molecule has 0 fully saturated rings. The van der Waals surface area contributed by atoms with E-state index < -0.39 is 23.6 Å². The minimum atomic E-state index is -4.45. The topological polar surface area (TPSA) is 112 Å². The highest BCUT2D eigenvalue weighted by Gasteiger charge is 2.30. The van der Waals surface area contributed by atoms with E-state index in [1.54, 1.807) is 31.4 Å². The summed E-state index contributed by atoms with van der Waals surface area (Å²) in [5.74, 6) is 0.947. The van der Waals surface area contributed by atoms with Crippen LogP contribution in [0.1, 0.15) is 27.9 Å². The minimum absolute atomic E-state index is 0.0454. The van der Waals surface area contributed by atoms with Gasteiger partial charge in [0.25, 0.3) is 5.91 Å². The van der Waals surface area contributed by atoms with Gasteiger partial charge in [-0.25, -0.2) is 0 Å². The Morgan fingerprint density at radius 2 is 1.47 bits per heavy atom. The summed E-state index contributed by atoms with van der Waals surface area (Å²) < 4.78 is 60.3. The van der Waals surface area contributed by atoms with E-state index in [2.05, 4.69) is 15.5 Å². The molecule has 0 radical (unpaired) electrons. The first-order valence-corrected chi connectivity index (χ1v) is 14.4. The summed E-state index contributed by atoms with van der Waals surface area (Å²) in [7, 11) is 5.98. The molecule has 2 amide bonds. The fourth-order valence-corrected chi connectivity index (χ4v) is 5.21. The quantitative estimate of drug-likeness (QED) is 0.190. The molecule has 238 valence electrons. The fourth-order valence-electron chi connectivity index (χ4n) is 4.45. The first-order valence-electron chi connectivity index (χ1n) is 13.6. The van der Waals surface area contributed by atoms with Crippen LogP contribution in [0.4, 0.5) is 18.3 Å². The van der Waals surface area contributed by atoms with Gasteiger partial charge in [0.2, 0.25) is 11.0 Å². The lowest BCUT2D eigenvalue weighted by Gasteiger charge is -2.24. The molecule has 1 heterocycles. The SMILES string of the molecule is COc1ccc(CCN(CCC(=O)Nc2nnc(-c3ccc(C(F)(F)F)cc3)s2)C(=O)c2c(OC)cccc2OC)cc1OC. The number of rotatable bonds is 13. The standard InChI is InChI=1S/C31H31F3N4O6S/c1-41-22-13-8-19(18-25(22)44-4)14-16-38(29(40)27-23(42-2)6-5-7-24(27)43-3)17-15-26(39)35-30-37-36-28(45-30)20-9-11-21(12-10-20)31(32,33)34/h5-13,18H,14-17H2,1-4H3,(H,35,37,39). The van der Waals surface area contributed by atoms with E-state index in [-0.39, 0.29) is 30.2 Å². The number of carbonyl (C=O) groups excluding carboxylic acids is 2. The van der Waals surface area contributed by atoms with Crippen LogP contribution in [0, 0.1) is 0 Å². The molecule has 0 aliphatic carbocycles. The van der Waals surface area contributed by atoms with Crippen molar-refractivity contribution < 1.29 is 41.7 Å². The molecule has 0 aliphatic rings. The molecule has 1 aromatic heterocycles. The number of amides is 2. The van der Waals surface area contributed by atoms with Gasteiger partial charge >= 0.3 is 6.18 Å². The van der Waals surface area contributed by atoms with Gasteiger partial charge in [-0.15, -0.1) is 10.2 Å². The largest absolute Gasteiger partial charge is 0.496 e. The number of anilines is 1. The summed E-state index contributed by atoms with van der Waals surface area (Å²) in [6.45, 7) is 0.295. The van der Waals surface area contributed by atoms with E-state index in [0.717, 1.165) is 29.0 Å². The Balaban J connectivity index is 1.48. The molecule has 10 nitrogen and oxygen atoms in total. The number of methoxy groups -OCH3 is 4. The van der Waals surface area contributed by atoms with Crippen molar-refractivity contribution in [1.82, 2.24) is 15.1 Å². The average Bonchev–Trinajstić information content (AvgIpc) is 3.51. The van der Waals surface area contributed by atoms with Crippen LogP contribution in [0.3, 0.4) is 0 Å². The van der Waals surface area contributed by atoms with Crippen molar-refractivity contribution in [3.63, 3.8) is 0 Å². The lowest BCUT2D eigenvalue weighted by Crippen LogP contribution is -2.36. The second kappa shape index (κ2) is 14.8. The lowest BCUT2D eigenvalue weighted by atomic mass is 10.1. The fraction of sp³-hybridized carbons (Fsp3) is 0.290. The Kier molecular flexibility index (Phi) is 10.8. The Morgan fingerprint density at radius 3 is 2.07 bits per heavy atom. The Morgan fingerprint density at radius 1 is 0.822 bits per heavy atom. The molecular formula is C31H31F3N4O6S. The maximum absolute atomic E-state index is 13.9. The van der Waals surface area contributed by atoms with Gasteiger partial charge in [-0.3, -0.25) is 9.59 Å². The van der Waals surface area contributed by atoms with Crippen molar-refractivity contribution in [2.24, 2.45) is 0 Å². The normalized spacial score (nSPS) is 11.1. The van der Waals surface area contributed by atoms with Crippen LogP contribution in [0.15, 0.2) is 60.7 Å². The summed E-state index contributed by atoms with van der Waals surface area (Å²) >= 11 is 1.02. The maximum Gasteiger partial charge on any atom is 0.416 e. The Labute approximate surface area is 261 Å². The van der Waals surface area contributed by atoms with Gasteiger partial charge in [0.1, 0.15) is 22.1 Å². The molecule has 14 heteroatoms. The number of aromatic nitrogens is 2. The Bertz CT molecular complexity index is 1610. The number of carbonyl (C=O) groups is 2. The second-order valence-corrected chi connectivity index (χ2v) is 10.5. The van der Waals surface area contributed by atoms with Crippen molar-refractivity contribution >= 4 is 28.3 Å². The highest BCUT2D eigenvalue weighted by Crippen LogP contribution is 2.33. The van der Waals surface area contributed by atoms with E-state index in [0.29, 0.717) is 40.0 Å². The molecular weight excluding hydrogens is 613 g/mol. The summed E-state index contributed by atoms with van der Waals surface area (Å²) in [6.07, 6.45) is -4.09. The molecule has 0 saturated heterocycles. The number of halogens is 3. The number of nitrogens with zero attached hydrogens (tertiary/aromatic N) is 3. The number of benzene rings is 3. The molecule has 0 atom stereocenters. The smallest absolute Gasteiger partial charge is 0.416 e. The van der Waals surface area contributed by atoms with E-state index in [9.17, 15) is 22.8 Å². The lowest BCUT2D eigenvalue weighted by molar-refractivity contribution is -0.137. The van der Waals surface area contributed by atoms with Crippen molar-refractivity contribution in [3.8, 4) is 33.6 Å². The van der Waals surface area contributed by atoms with E-state index >= 15 is 0 Å². The molecule has 0 aliphatic heterocycles. The van der Waals surface area contributed by atoms with Crippen LogP contribution in [0.25, 0.3) is 10.6 Å². The average molecular weight is 645 g/mol.